The molecule has 0 spiro atoms. The van der Waals surface area contributed by atoms with Gasteiger partial charge in [-0.05, 0) is 34.7 Å². The van der Waals surface area contributed by atoms with E-state index in [1.54, 1.807) is 18.2 Å². The van der Waals surface area contributed by atoms with Gasteiger partial charge >= 0.3 is 5.97 Å². The van der Waals surface area contributed by atoms with E-state index in [1.165, 1.54) is 0 Å². The molecule has 1 N–H and O–H groups in total. The molecule has 3 nitrogen and oxygen atoms in total. The van der Waals surface area contributed by atoms with E-state index in [0.29, 0.717) is 10.8 Å². The molecule has 0 aliphatic carbocycles. The second kappa shape index (κ2) is 7.05. The molecule has 122 valence electrons. The third-order valence-corrected chi connectivity index (χ3v) is 3.78. The number of carboxylic acid groups (broad SMARTS) is 1. The summed E-state index contributed by atoms with van der Waals surface area (Å²) in [6.45, 7) is 6.21. The van der Waals surface area contributed by atoms with Gasteiger partial charge in [0.15, 0.2) is 6.10 Å². The summed E-state index contributed by atoms with van der Waals surface area (Å²) in [5.74, 6) is -0.386. The summed E-state index contributed by atoms with van der Waals surface area (Å²) < 4.78 is 5.83. The fourth-order valence-electron chi connectivity index (χ4n) is 2.40. The third kappa shape index (κ3) is 4.73. The van der Waals surface area contributed by atoms with Crippen LogP contribution >= 0.6 is 11.6 Å². The van der Waals surface area contributed by atoms with Gasteiger partial charge in [0, 0.05) is 11.4 Å². The first-order valence-corrected chi connectivity index (χ1v) is 7.88. The summed E-state index contributed by atoms with van der Waals surface area (Å²) in [7, 11) is 0. The number of benzene rings is 2. The zero-order chi connectivity index (χ0) is 17.0. The van der Waals surface area contributed by atoms with Crippen LogP contribution in [0, 0.1) is 0 Å². The van der Waals surface area contributed by atoms with E-state index in [0.717, 1.165) is 11.1 Å². The molecule has 0 bridgehead atoms. The highest BCUT2D eigenvalue weighted by molar-refractivity contribution is 6.30. The van der Waals surface area contributed by atoms with Crippen molar-refractivity contribution in [3.8, 4) is 5.75 Å². The second-order valence-electron chi connectivity index (χ2n) is 6.52. The van der Waals surface area contributed by atoms with Gasteiger partial charge in [-0.2, -0.15) is 0 Å². The van der Waals surface area contributed by atoms with E-state index in [9.17, 15) is 9.90 Å². The van der Waals surface area contributed by atoms with Crippen molar-refractivity contribution in [2.75, 3.05) is 0 Å². The predicted octanol–water partition coefficient (Wildman–Crippen LogP) is 4.71. The lowest BCUT2D eigenvalue weighted by Gasteiger charge is -2.24. The first-order valence-electron chi connectivity index (χ1n) is 7.51. The van der Waals surface area contributed by atoms with Crippen molar-refractivity contribution < 1.29 is 14.6 Å². The fourth-order valence-corrected chi connectivity index (χ4v) is 2.61. The first-order chi connectivity index (χ1) is 10.8. The smallest absolute Gasteiger partial charge is 0.345 e. The minimum Gasteiger partial charge on any atom is -0.478 e. The van der Waals surface area contributed by atoms with Crippen molar-refractivity contribution in [3.63, 3.8) is 0 Å². The van der Waals surface area contributed by atoms with Gasteiger partial charge in [0.2, 0.25) is 0 Å². The first kappa shape index (κ1) is 17.4. The van der Waals surface area contributed by atoms with Gasteiger partial charge in [-0.1, -0.05) is 62.7 Å². The number of carbonyl (C=O) groups is 1. The summed E-state index contributed by atoms with van der Waals surface area (Å²) in [5.41, 5.74) is 1.69. The molecule has 0 amide bonds. The highest BCUT2D eigenvalue weighted by atomic mass is 35.5. The second-order valence-corrected chi connectivity index (χ2v) is 6.96. The van der Waals surface area contributed by atoms with Crippen LogP contribution in [0.1, 0.15) is 31.9 Å². The Labute approximate surface area is 141 Å². The summed E-state index contributed by atoms with van der Waals surface area (Å²) in [6, 6.07) is 14.7. The Morgan fingerprint density at radius 3 is 2.48 bits per heavy atom. The maximum Gasteiger partial charge on any atom is 0.345 e. The van der Waals surface area contributed by atoms with Crippen LogP contribution < -0.4 is 4.74 Å². The van der Waals surface area contributed by atoms with Gasteiger partial charge in [0.25, 0.3) is 0 Å². The molecule has 0 radical (unpaired) electrons. The molecule has 4 heteroatoms. The summed E-state index contributed by atoms with van der Waals surface area (Å²) in [4.78, 5) is 11.6. The van der Waals surface area contributed by atoms with Crippen LogP contribution in [0.15, 0.2) is 48.5 Å². The van der Waals surface area contributed by atoms with Crippen LogP contribution in [0.25, 0.3) is 0 Å². The van der Waals surface area contributed by atoms with Crippen LogP contribution in [0.4, 0.5) is 0 Å². The number of rotatable bonds is 5. The number of aliphatic carboxylic acids is 1. The van der Waals surface area contributed by atoms with Crippen molar-refractivity contribution >= 4 is 17.6 Å². The molecule has 0 saturated heterocycles. The third-order valence-electron chi connectivity index (χ3n) is 3.55. The van der Waals surface area contributed by atoms with Gasteiger partial charge in [-0.3, -0.25) is 0 Å². The highest BCUT2D eigenvalue weighted by Gasteiger charge is 2.24. The zero-order valence-electron chi connectivity index (χ0n) is 13.5. The summed E-state index contributed by atoms with van der Waals surface area (Å²) in [5, 5.41) is 10.1. The van der Waals surface area contributed by atoms with Crippen molar-refractivity contribution in [2.24, 2.45) is 0 Å². The van der Waals surface area contributed by atoms with Gasteiger partial charge in [0.05, 0.1) is 0 Å². The molecule has 0 unspecified atom stereocenters. The van der Waals surface area contributed by atoms with Crippen LogP contribution in [0.5, 0.6) is 5.75 Å². The van der Waals surface area contributed by atoms with E-state index >= 15 is 0 Å². The van der Waals surface area contributed by atoms with Gasteiger partial charge in [0.1, 0.15) is 5.75 Å². The molecule has 1 atom stereocenters. The average molecular weight is 333 g/mol. The monoisotopic (exact) mass is 332 g/mol. The zero-order valence-corrected chi connectivity index (χ0v) is 14.3. The maximum atomic E-state index is 11.6. The van der Waals surface area contributed by atoms with Crippen molar-refractivity contribution in [1.82, 2.24) is 0 Å². The molecule has 0 heterocycles. The van der Waals surface area contributed by atoms with Gasteiger partial charge in [-0.15, -0.1) is 0 Å². The number of halogens is 1. The Balaban J connectivity index is 2.26. The Kier molecular flexibility index (Phi) is 5.32. The standard InChI is InChI=1S/C19H21ClO3/c1-19(2,3)15-9-4-5-10-16(15)23-17(18(21)22)12-13-7-6-8-14(20)11-13/h4-11,17H,12H2,1-3H3,(H,21,22)/t17-/m0/s1. The lowest BCUT2D eigenvalue weighted by atomic mass is 9.86. The van der Waals surface area contributed by atoms with E-state index in [4.69, 9.17) is 16.3 Å². The molecule has 2 rings (SSSR count). The van der Waals surface area contributed by atoms with Crippen LogP contribution in [0.3, 0.4) is 0 Å². The van der Waals surface area contributed by atoms with Crippen molar-refractivity contribution in [2.45, 2.75) is 38.7 Å². The minimum absolute atomic E-state index is 0.129. The van der Waals surface area contributed by atoms with E-state index < -0.39 is 12.1 Å². The highest BCUT2D eigenvalue weighted by Crippen LogP contribution is 2.32. The van der Waals surface area contributed by atoms with Crippen LogP contribution in [-0.2, 0) is 16.6 Å². The van der Waals surface area contributed by atoms with Gasteiger partial charge in [-0.25, -0.2) is 4.79 Å². The number of hydrogen-bond acceptors (Lipinski definition) is 2. The Morgan fingerprint density at radius 1 is 1.17 bits per heavy atom. The molecular weight excluding hydrogens is 312 g/mol. The molecular formula is C19H21ClO3. The van der Waals surface area contributed by atoms with Gasteiger partial charge < -0.3 is 9.84 Å². The normalized spacial score (nSPS) is 12.7. The quantitative estimate of drug-likeness (QED) is 0.862. The van der Waals surface area contributed by atoms with Crippen LogP contribution in [-0.4, -0.2) is 17.2 Å². The summed E-state index contributed by atoms with van der Waals surface area (Å²) >= 11 is 5.96. The summed E-state index contributed by atoms with van der Waals surface area (Å²) in [6.07, 6.45) is -0.703. The molecule has 0 saturated carbocycles. The maximum absolute atomic E-state index is 11.6. The molecule has 2 aromatic rings. The number of hydrogen-bond donors (Lipinski definition) is 1. The lowest BCUT2D eigenvalue weighted by molar-refractivity contribution is -0.145. The van der Waals surface area contributed by atoms with Crippen LogP contribution in [0.2, 0.25) is 5.02 Å². The van der Waals surface area contributed by atoms with E-state index in [1.807, 2.05) is 30.3 Å². The number of para-hydroxylation sites is 1. The van der Waals surface area contributed by atoms with Crippen molar-refractivity contribution in [1.29, 1.82) is 0 Å². The SMILES string of the molecule is CC(C)(C)c1ccccc1O[C@@H](Cc1cccc(Cl)c1)C(=O)O. The fraction of sp³-hybridized carbons (Fsp3) is 0.316. The number of ether oxygens (including phenoxy) is 1. The molecule has 0 fully saturated rings. The Hall–Kier alpha value is -2.00. The largest absolute Gasteiger partial charge is 0.478 e. The number of carboxylic acids is 1. The molecule has 2 aromatic carbocycles. The Bertz CT molecular complexity index is 689. The average Bonchev–Trinajstić information content (AvgIpc) is 2.46. The molecule has 0 aliphatic rings. The van der Waals surface area contributed by atoms with E-state index in [-0.39, 0.29) is 11.8 Å². The Morgan fingerprint density at radius 2 is 1.87 bits per heavy atom. The minimum atomic E-state index is -0.992. The molecule has 0 aliphatic heterocycles. The topological polar surface area (TPSA) is 46.5 Å². The van der Waals surface area contributed by atoms with Crippen molar-refractivity contribution in [3.05, 3.63) is 64.7 Å². The molecule has 0 aromatic heterocycles. The molecule has 23 heavy (non-hydrogen) atoms. The predicted molar refractivity (Wildman–Crippen MR) is 92.3 cm³/mol. The van der Waals surface area contributed by atoms with E-state index in [2.05, 4.69) is 20.8 Å². The lowest BCUT2D eigenvalue weighted by Crippen LogP contribution is -2.30.